The molecule has 1 heterocycles. The zero-order valence-corrected chi connectivity index (χ0v) is 14.6. The second kappa shape index (κ2) is 8.98. The summed E-state index contributed by atoms with van der Waals surface area (Å²) in [6.45, 7) is 12.8. The van der Waals surface area contributed by atoms with Gasteiger partial charge in [0.2, 0.25) is 0 Å². The van der Waals surface area contributed by atoms with Crippen molar-refractivity contribution in [3.63, 3.8) is 0 Å². The van der Waals surface area contributed by atoms with Crippen LogP contribution < -0.4 is 10.2 Å². The Bertz CT molecular complexity index is 413. The molecule has 0 aliphatic heterocycles. The van der Waals surface area contributed by atoms with Crippen molar-refractivity contribution in [3.05, 3.63) is 17.7 Å². The van der Waals surface area contributed by atoms with Crippen molar-refractivity contribution in [2.45, 2.75) is 72.4 Å². The molecule has 0 aromatic carbocycles. The van der Waals surface area contributed by atoms with Gasteiger partial charge in [0.1, 0.15) is 5.82 Å². The summed E-state index contributed by atoms with van der Waals surface area (Å²) in [6, 6.07) is 0.545. The number of aromatic nitrogens is 2. The van der Waals surface area contributed by atoms with E-state index in [0.717, 1.165) is 49.6 Å². The summed E-state index contributed by atoms with van der Waals surface area (Å²) in [4.78, 5) is 11.7. The summed E-state index contributed by atoms with van der Waals surface area (Å²) < 4.78 is 0. The molecular weight excluding hydrogens is 260 g/mol. The lowest BCUT2D eigenvalue weighted by molar-refractivity contribution is 0.581. The molecular formula is C17H32N4. The maximum Gasteiger partial charge on any atom is 0.131 e. The summed E-state index contributed by atoms with van der Waals surface area (Å²) in [7, 11) is 2.16. The molecule has 0 radical (unpaired) electrons. The van der Waals surface area contributed by atoms with Gasteiger partial charge in [0.15, 0.2) is 0 Å². The molecule has 4 heteroatoms. The van der Waals surface area contributed by atoms with E-state index < -0.39 is 0 Å². The molecule has 120 valence electrons. The lowest BCUT2D eigenvalue weighted by atomic mass is 10.1. The minimum absolute atomic E-state index is 0.363. The van der Waals surface area contributed by atoms with Crippen LogP contribution >= 0.6 is 0 Å². The Kier molecular flexibility index (Phi) is 7.65. The first-order valence-electron chi connectivity index (χ1n) is 8.34. The van der Waals surface area contributed by atoms with E-state index in [1.807, 2.05) is 6.20 Å². The van der Waals surface area contributed by atoms with Gasteiger partial charge in [-0.25, -0.2) is 9.97 Å². The second-order valence-electron chi connectivity index (χ2n) is 5.97. The van der Waals surface area contributed by atoms with Crippen molar-refractivity contribution in [3.8, 4) is 0 Å². The summed E-state index contributed by atoms with van der Waals surface area (Å²) >= 11 is 0. The maximum absolute atomic E-state index is 4.80. The predicted octanol–water partition coefficient (Wildman–Crippen LogP) is 3.72. The highest BCUT2D eigenvalue weighted by molar-refractivity contribution is 5.49. The number of nitrogens with zero attached hydrogens (tertiary/aromatic N) is 3. The SMILES string of the molecule is CCCNCc1nc(C(C)C)ncc1N(C)C(CC)CC. The van der Waals surface area contributed by atoms with Crippen LogP contribution in [0.25, 0.3) is 0 Å². The maximum atomic E-state index is 4.80. The van der Waals surface area contributed by atoms with E-state index in [1.165, 1.54) is 0 Å². The molecule has 0 bridgehead atoms. The first-order chi connectivity index (χ1) is 10.0. The van der Waals surface area contributed by atoms with Crippen LogP contribution in [0.4, 0.5) is 5.69 Å². The van der Waals surface area contributed by atoms with Gasteiger partial charge in [-0.15, -0.1) is 0 Å². The van der Waals surface area contributed by atoms with Crippen molar-refractivity contribution in [2.75, 3.05) is 18.5 Å². The molecule has 0 aliphatic carbocycles. The number of hydrogen-bond acceptors (Lipinski definition) is 4. The highest BCUT2D eigenvalue weighted by Crippen LogP contribution is 2.23. The van der Waals surface area contributed by atoms with E-state index in [9.17, 15) is 0 Å². The minimum Gasteiger partial charge on any atom is -0.369 e. The smallest absolute Gasteiger partial charge is 0.131 e. The third kappa shape index (κ3) is 4.95. The quantitative estimate of drug-likeness (QED) is 0.704. The molecule has 21 heavy (non-hydrogen) atoms. The Morgan fingerprint density at radius 2 is 1.86 bits per heavy atom. The van der Waals surface area contributed by atoms with E-state index in [0.29, 0.717) is 12.0 Å². The molecule has 0 spiro atoms. The van der Waals surface area contributed by atoms with E-state index in [2.05, 4.69) is 56.9 Å². The van der Waals surface area contributed by atoms with Crippen LogP contribution in [0.3, 0.4) is 0 Å². The van der Waals surface area contributed by atoms with E-state index in [4.69, 9.17) is 4.98 Å². The number of anilines is 1. The molecule has 1 aromatic heterocycles. The molecule has 1 N–H and O–H groups in total. The lowest BCUT2D eigenvalue weighted by Crippen LogP contribution is -2.32. The molecule has 0 saturated heterocycles. The highest BCUT2D eigenvalue weighted by Gasteiger charge is 2.17. The average Bonchev–Trinajstić information content (AvgIpc) is 2.48. The molecule has 0 fully saturated rings. The van der Waals surface area contributed by atoms with Crippen LogP contribution in [-0.2, 0) is 6.54 Å². The van der Waals surface area contributed by atoms with Crippen LogP contribution in [0.2, 0.25) is 0 Å². The van der Waals surface area contributed by atoms with Crippen LogP contribution in [0.5, 0.6) is 0 Å². The average molecular weight is 292 g/mol. The fraction of sp³-hybridized carbons (Fsp3) is 0.765. The Balaban J connectivity index is 3.04. The topological polar surface area (TPSA) is 41.1 Å². The van der Waals surface area contributed by atoms with Gasteiger partial charge in [0.05, 0.1) is 17.6 Å². The van der Waals surface area contributed by atoms with Crippen LogP contribution in [-0.4, -0.2) is 29.6 Å². The first-order valence-corrected chi connectivity index (χ1v) is 8.34. The fourth-order valence-corrected chi connectivity index (χ4v) is 2.55. The molecule has 1 rings (SSSR count). The van der Waals surface area contributed by atoms with E-state index in [1.54, 1.807) is 0 Å². The van der Waals surface area contributed by atoms with E-state index in [-0.39, 0.29) is 0 Å². The summed E-state index contributed by atoms with van der Waals surface area (Å²) in [5, 5.41) is 3.47. The second-order valence-corrected chi connectivity index (χ2v) is 5.97. The summed E-state index contributed by atoms with van der Waals surface area (Å²) in [6.07, 6.45) is 5.42. The third-order valence-electron chi connectivity index (χ3n) is 3.97. The zero-order chi connectivity index (χ0) is 15.8. The summed E-state index contributed by atoms with van der Waals surface area (Å²) in [5.74, 6) is 1.30. The first kappa shape index (κ1) is 17.9. The van der Waals surface area contributed by atoms with Gasteiger partial charge in [-0.2, -0.15) is 0 Å². The molecule has 1 aromatic rings. The van der Waals surface area contributed by atoms with Crippen molar-refractivity contribution >= 4 is 5.69 Å². The molecule has 4 nitrogen and oxygen atoms in total. The Hall–Kier alpha value is -1.16. The fourth-order valence-electron chi connectivity index (χ4n) is 2.55. The zero-order valence-electron chi connectivity index (χ0n) is 14.6. The number of nitrogens with one attached hydrogen (secondary N) is 1. The third-order valence-corrected chi connectivity index (χ3v) is 3.97. The Labute approximate surface area is 130 Å². The van der Waals surface area contributed by atoms with Gasteiger partial charge in [0.25, 0.3) is 0 Å². The monoisotopic (exact) mass is 292 g/mol. The van der Waals surface area contributed by atoms with Gasteiger partial charge in [-0.1, -0.05) is 34.6 Å². The van der Waals surface area contributed by atoms with Crippen LogP contribution in [0.1, 0.15) is 71.3 Å². The largest absolute Gasteiger partial charge is 0.369 e. The lowest BCUT2D eigenvalue weighted by Gasteiger charge is -2.30. The van der Waals surface area contributed by atoms with E-state index >= 15 is 0 Å². The normalized spacial score (nSPS) is 11.4. The van der Waals surface area contributed by atoms with Gasteiger partial charge >= 0.3 is 0 Å². The molecule has 0 amide bonds. The molecule has 0 saturated carbocycles. The number of hydrogen-bond donors (Lipinski definition) is 1. The van der Waals surface area contributed by atoms with Gasteiger partial charge in [0, 0.05) is 25.6 Å². The number of rotatable bonds is 9. The van der Waals surface area contributed by atoms with Gasteiger partial charge < -0.3 is 10.2 Å². The van der Waals surface area contributed by atoms with Crippen LogP contribution in [0, 0.1) is 0 Å². The molecule has 0 atom stereocenters. The minimum atomic E-state index is 0.363. The molecule has 0 aliphatic rings. The highest BCUT2D eigenvalue weighted by atomic mass is 15.2. The van der Waals surface area contributed by atoms with Crippen molar-refractivity contribution in [2.24, 2.45) is 0 Å². The van der Waals surface area contributed by atoms with Crippen molar-refractivity contribution in [1.29, 1.82) is 0 Å². The Morgan fingerprint density at radius 1 is 1.19 bits per heavy atom. The summed E-state index contributed by atoms with van der Waals surface area (Å²) in [5.41, 5.74) is 2.29. The van der Waals surface area contributed by atoms with Crippen LogP contribution in [0.15, 0.2) is 6.20 Å². The van der Waals surface area contributed by atoms with Gasteiger partial charge in [-0.05, 0) is 25.8 Å². The standard InChI is InChI=1S/C17H32N4/c1-7-10-18-11-15-16(21(6)14(8-2)9-3)12-19-17(20-15)13(4)5/h12-14,18H,7-11H2,1-6H3. The van der Waals surface area contributed by atoms with Crippen molar-refractivity contribution < 1.29 is 0 Å². The Morgan fingerprint density at radius 3 is 2.38 bits per heavy atom. The predicted molar refractivity (Wildman–Crippen MR) is 90.9 cm³/mol. The van der Waals surface area contributed by atoms with Gasteiger partial charge in [-0.3, -0.25) is 0 Å². The van der Waals surface area contributed by atoms with Crippen molar-refractivity contribution in [1.82, 2.24) is 15.3 Å². The molecule has 0 unspecified atom stereocenters.